The summed E-state index contributed by atoms with van der Waals surface area (Å²) < 4.78 is 30.6. The summed E-state index contributed by atoms with van der Waals surface area (Å²) in [5.41, 5.74) is 1.78. The van der Waals surface area contributed by atoms with Crippen molar-refractivity contribution in [1.29, 1.82) is 0 Å². The van der Waals surface area contributed by atoms with Crippen LogP contribution in [0.3, 0.4) is 0 Å². The van der Waals surface area contributed by atoms with Crippen LogP contribution in [0.5, 0.6) is 0 Å². The van der Waals surface area contributed by atoms with Gasteiger partial charge in [0.15, 0.2) is 0 Å². The van der Waals surface area contributed by atoms with E-state index >= 15 is 0 Å². The summed E-state index contributed by atoms with van der Waals surface area (Å²) in [6, 6.07) is 6.34. The van der Waals surface area contributed by atoms with Crippen molar-refractivity contribution in [1.82, 2.24) is 14.3 Å². The van der Waals surface area contributed by atoms with Gasteiger partial charge in [-0.1, -0.05) is 0 Å². The molecule has 0 saturated heterocycles. The van der Waals surface area contributed by atoms with E-state index in [9.17, 15) is 13.6 Å². The summed E-state index contributed by atoms with van der Waals surface area (Å²) in [5, 5.41) is 4.23. The van der Waals surface area contributed by atoms with E-state index in [-0.39, 0.29) is 11.1 Å². The molecule has 3 aromatic rings. The fourth-order valence-electron chi connectivity index (χ4n) is 2.58. The third-order valence-electron chi connectivity index (χ3n) is 3.62. The highest BCUT2D eigenvalue weighted by Gasteiger charge is 2.17. The Morgan fingerprint density at radius 1 is 1.17 bits per heavy atom. The highest BCUT2D eigenvalue weighted by molar-refractivity contribution is 5.70. The van der Waals surface area contributed by atoms with E-state index < -0.39 is 11.6 Å². The fourth-order valence-corrected chi connectivity index (χ4v) is 2.58. The summed E-state index contributed by atoms with van der Waals surface area (Å²) in [5.74, 6) is -1.38. The molecule has 0 N–H and O–H groups in total. The summed E-state index contributed by atoms with van der Waals surface area (Å²) in [6.07, 6.45) is 3.46. The van der Waals surface area contributed by atoms with Crippen molar-refractivity contribution in [2.75, 3.05) is 0 Å². The van der Waals surface area contributed by atoms with E-state index in [4.69, 9.17) is 0 Å². The zero-order valence-corrected chi connectivity index (χ0v) is 12.8. The quantitative estimate of drug-likeness (QED) is 0.744. The molecule has 0 aliphatic heterocycles. The van der Waals surface area contributed by atoms with Gasteiger partial charge >= 0.3 is 0 Å². The van der Waals surface area contributed by atoms with Gasteiger partial charge in [0.05, 0.1) is 17.6 Å². The van der Waals surface area contributed by atoms with E-state index in [1.54, 1.807) is 30.1 Å². The highest BCUT2D eigenvalue weighted by Crippen LogP contribution is 2.28. The molecule has 0 aliphatic carbocycles. The number of hydrogen-bond acceptors (Lipinski definition) is 2. The molecule has 6 heteroatoms. The summed E-state index contributed by atoms with van der Waals surface area (Å²) in [7, 11) is 0. The van der Waals surface area contributed by atoms with Crippen LogP contribution in [0.25, 0.3) is 16.9 Å². The van der Waals surface area contributed by atoms with E-state index in [1.165, 1.54) is 22.8 Å². The molecule has 4 nitrogen and oxygen atoms in total. The maximum atomic E-state index is 14.3. The second kappa shape index (κ2) is 5.79. The van der Waals surface area contributed by atoms with Crippen LogP contribution >= 0.6 is 0 Å². The van der Waals surface area contributed by atoms with Crippen LogP contribution in [0.1, 0.15) is 12.5 Å². The van der Waals surface area contributed by atoms with Gasteiger partial charge in [0.2, 0.25) is 0 Å². The molecule has 0 radical (unpaired) electrons. The Bertz CT molecular complexity index is 928. The maximum absolute atomic E-state index is 14.3. The molecule has 23 heavy (non-hydrogen) atoms. The molecule has 0 atom stereocenters. The van der Waals surface area contributed by atoms with Crippen molar-refractivity contribution in [2.24, 2.45) is 0 Å². The number of nitrogens with zero attached hydrogens (tertiary/aromatic N) is 3. The van der Waals surface area contributed by atoms with Gasteiger partial charge in [-0.25, -0.2) is 13.5 Å². The standard InChI is InChI=1S/C17H15F2N3O/c1-3-21-16(23)7-6-15(22-10-11(2)9-20-22)17(21)13-5-4-12(18)8-14(13)19/h4-10H,3H2,1-2H3. The van der Waals surface area contributed by atoms with E-state index in [0.717, 1.165) is 11.6 Å². The second-order valence-corrected chi connectivity index (χ2v) is 5.24. The molecule has 0 saturated carbocycles. The smallest absolute Gasteiger partial charge is 0.251 e. The predicted molar refractivity (Wildman–Crippen MR) is 83.6 cm³/mol. The van der Waals surface area contributed by atoms with Gasteiger partial charge in [-0.2, -0.15) is 5.10 Å². The fraction of sp³-hybridized carbons (Fsp3) is 0.176. The monoisotopic (exact) mass is 315 g/mol. The van der Waals surface area contributed by atoms with Crippen molar-refractivity contribution in [3.8, 4) is 16.9 Å². The first-order chi connectivity index (χ1) is 11.0. The minimum Gasteiger partial charge on any atom is -0.306 e. The molecular formula is C17H15F2N3O. The minimum absolute atomic E-state index is 0.161. The summed E-state index contributed by atoms with van der Waals surface area (Å²) >= 11 is 0. The normalized spacial score (nSPS) is 11.0. The molecule has 1 aromatic carbocycles. The van der Waals surface area contributed by atoms with Gasteiger partial charge in [-0.15, -0.1) is 0 Å². The van der Waals surface area contributed by atoms with Crippen LogP contribution < -0.4 is 5.56 Å². The van der Waals surface area contributed by atoms with Crippen molar-refractivity contribution in [2.45, 2.75) is 20.4 Å². The number of pyridine rings is 1. The highest BCUT2D eigenvalue weighted by atomic mass is 19.1. The lowest BCUT2D eigenvalue weighted by molar-refractivity contribution is 0.583. The third kappa shape index (κ3) is 2.67. The van der Waals surface area contributed by atoms with Crippen LogP contribution in [0, 0.1) is 18.6 Å². The molecule has 2 aromatic heterocycles. The van der Waals surface area contributed by atoms with Gasteiger partial charge < -0.3 is 4.57 Å². The van der Waals surface area contributed by atoms with Gasteiger partial charge in [0.1, 0.15) is 11.6 Å². The number of aryl methyl sites for hydroxylation is 1. The minimum atomic E-state index is -0.720. The number of benzene rings is 1. The van der Waals surface area contributed by atoms with Crippen LogP contribution in [0.4, 0.5) is 8.78 Å². The lowest BCUT2D eigenvalue weighted by atomic mass is 10.1. The molecule has 0 unspecified atom stereocenters. The van der Waals surface area contributed by atoms with Crippen LogP contribution in [-0.2, 0) is 6.54 Å². The molecule has 3 rings (SSSR count). The molecule has 0 bridgehead atoms. The predicted octanol–water partition coefficient (Wildman–Crippen LogP) is 3.31. The van der Waals surface area contributed by atoms with Crippen LogP contribution in [0.2, 0.25) is 0 Å². The van der Waals surface area contributed by atoms with Crippen LogP contribution in [-0.4, -0.2) is 14.3 Å². The summed E-state index contributed by atoms with van der Waals surface area (Å²) in [6.45, 7) is 4.04. The topological polar surface area (TPSA) is 39.8 Å². The molecule has 118 valence electrons. The number of aromatic nitrogens is 3. The molecule has 2 heterocycles. The Labute approximate surface area is 131 Å². The first-order valence-corrected chi connectivity index (χ1v) is 7.22. The third-order valence-corrected chi connectivity index (χ3v) is 3.62. The summed E-state index contributed by atoms with van der Waals surface area (Å²) in [4.78, 5) is 12.1. The second-order valence-electron chi connectivity index (χ2n) is 5.24. The van der Waals surface area contributed by atoms with Crippen molar-refractivity contribution in [3.05, 3.63) is 70.3 Å². The lowest BCUT2D eigenvalue weighted by Crippen LogP contribution is -2.22. The Kier molecular flexibility index (Phi) is 3.82. The first-order valence-electron chi connectivity index (χ1n) is 7.22. The molecule has 0 fully saturated rings. The van der Waals surface area contributed by atoms with Crippen LogP contribution in [0.15, 0.2) is 47.5 Å². The van der Waals surface area contributed by atoms with Gasteiger partial charge in [-0.3, -0.25) is 4.79 Å². The SMILES string of the molecule is CCn1c(-c2ccc(F)cc2F)c(-n2cc(C)cn2)ccc1=O. The maximum Gasteiger partial charge on any atom is 0.251 e. The van der Waals surface area contributed by atoms with Gasteiger partial charge in [0.25, 0.3) is 5.56 Å². The van der Waals surface area contributed by atoms with E-state index in [1.807, 2.05) is 6.92 Å². The number of hydrogen-bond donors (Lipinski definition) is 0. The van der Waals surface area contributed by atoms with Crippen molar-refractivity contribution in [3.63, 3.8) is 0 Å². The Morgan fingerprint density at radius 2 is 1.96 bits per heavy atom. The Morgan fingerprint density at radius 3 is 2.57 bits per heavy atom. The van der Waals surface area contributed by atoms with Gasteiger partial charge in [-0.05, 0) is 37.6 Å². The molecule has 0 spiro atoms. The average Bonchev–Trinajstić information content (AvgIpc) is 2.93. The van der Waals surface area contributed by atoms with Crippen molar-refractivity contribution < 1.29 is 8.78 Å². The van der Waals surface area contributed by atoms with E-state index in [2.05, 4.69) is 5.10 Å². The zero-order chi connectivity index (χ0) is 16.6. The zero-order valence-electron chi connectivity index (χ0n) is 12.8. The Balaban J connectivity index is 2.36. The number of halogens is 2. The molecule has 0 aliphatic rings. The molecular weight excluding hydrogens is 300 g/mol. The first kappa shape index (κ1) is 15.1. The van der Waals surface area contributed by atoms with Gasteiger partial charge in [0, 0.05) is 30.4 Å². The molecule has 0 amide bonds. The van der Waals surface area contributed by atoms with E-state index in [0.29, 0.717) is 17.9 Å². The Hall–Kier alpha value is -2.76. The lowest BCUT2D eigenvalue weighted by Gasteiger charge is -2.16. The number of rotatable bonds is 3. The largest absolute Gasteiger partial charge is 0.306 e. The van der Waals surface area contributed by atoms with Crippen molar-refractivity contribution >= 4 is 0 Å². The average molecular weight is 315 g/mol.